The summed E-state index contributed by atoms with van der Waals surface area (Å²) < 4.78 is 5.36. The van der Waals surface area contributed by atoms with Crippen LogP contribution in [0.1, 0.15) is 39.0 Å². The summed E-state index contributed by atoms with van der Waals surface area (Å²) in [6, 6.07) is 0.248. The molecule has 120 valence electrons. The molecule has 0 spiro atoms. The number of carboxylic acid groups (broad SMARTS) is 1. The Bertz CT molecular complexity index is 380. The smallest absolute Gasteiger partial charge is 0.332 e. The summed E-state index contributed by atoms with van der Waals surface area (Å²) in [4.78, 5) is 27.5. The molecule has 1 N–H and O–H groups in total. The van der Waals surface area contributed by atoms with Gasteiger partial charge >= 0.3 is 5.97 Å². The van der Waals surface area contributed by atoms with E-state index in [2.05, 4.69) is 11.8 Å². The van der Waals surface area contributed by atoms with E-state index in [0.29, 0.717) is 12.8 Å². The van der Waals surface area contributed by atoms with E-state index in [4.69, 9.17) is 9.84 Å². The lowest BCUT2D eigenvalue weighted by atomic mass is 10.0. The molecule has 2 heterocycles. The maximum atomic E-state index is 12.4. The van der Waals surface area contributed by atoms with E-state index >= 15 is 0 Å². The van der Waals surface area contributed by atoms with Crippen LogP contribution >= 0.6 is 0 Å². The average Bonchev–Trinajstić information content (AvgIpc) is 2.97. The van der Waals surface area contributed by atoms with Crippen LogP contribution in [0.2, 0.25) is 0 Å². The van der Waals surface area contributed by atoms with Crippen molar-refractivity contribution < 1.29 is 19.4 Å². The molecule has 2 saturated heterocycles. The Morgan fingerprint density at radius 2 is 1.81 bits per heavy atom. The van der Waals surface area contributed by atoms with Gasteiger partial charge in [0.2, 0.25) is 0 Å². The van der Waals surface area contributed by atoms with Crippen molar-refractivity contribution in [2.45, 2.75) is 57.3 Å². The molecule has 6 nitrogen and oxygen atoms in total. The van der Waals surface area contributed by atoms with Crippen molar-refractivity contribution in [2.75, 3.05) is 26.7 Å². The molecule has 0 aromatic heterocycles. The highest BCUT2D eigenvalue weighted by Gasteiger charge is 2.37. The van der Waals surface area contributed by atoms with Gasteiger partial charge in [0.15, 0.2) is 6.10 Å². The van der Waals surface area contributed by atoms with Crippen molar-refractivity contribution in [3.63, 3.8) is 0 Å². The Kier molecular flexibility index (Phi) is 5.58. The topological polar surface area (TPSA) is 70.1 Å². The van der Waals surface area contributed by atoms with Crippen LogP contribution in [0, 0.1) is 0 Å². The highest BCUT2D eigenvalue weighted by Crippen LogP contribution is 2.24. The number of likely N-dealkylation sites (N-methyl/N-ethyl adjacent to an activating group) is 1. The third kappa shape index (κ3) is 3.95. The number of aliphatic carboxylic acids is 1. The zero-order valence-corrected chi connectivity index (χ0v) is 13.0. The molecule has 2 rings (SSSR count). The van der Waals surface area contributed by atoms with Crippen molar-refractivity contribution in [1.82, 2.24) is 9.80 Å². The molecule has 0 radical (unpaired) electrons. The van der Waals surface area contributed by atoms with E-state index in [1.807, 2.05) is 7.05 Å². The number of ether oxygens (including phenoxy) is 1. The highest BCUT2D eigenvalue weighted by molar-refractivity contribution is 5.82. The predicted octanol–water partition coefficient (Wildman–Crippen LogP) is 0.951. The Balaban J connectivity index is 1.82. The van der Waals surface area contributed by atoms with Gasteiger partial charge in [0, 0.05) is 26.2 Å². The summed E-state index contributed by atoms with van der Waals surface area (Å²) in [6.45, 7) is 5.35. The van der Waals surface area contributed by atoms with Gasteiger partial charge in [-0.25, -0.2) is 4.79 Å². The third-order valence-electron chi connectivity index (χ3n) is 4.56. The maximum Gasteiger partial charge on any atom is 0.332 e. The average molecular weight is 298 g/mol. The van der Waals surface area contributed by atoms with Crippen LogP contribution in [0.3, 0.4) is 0 Å². The number of likely N-dealkylation sites (tertiary alicyclic amines) is 1. The molecule has 21 heavy (non-hydrogen) atoms. The fraction of sp³-hybridized carbons (Fsp3) is 0.867. The molecule has 0 bridgehead atoms. The summed E-state index contributed by atoms with van der Waals surface area (Å²) in [5.41, 5.74) is 0. The molecule has 0 aliphatic carbocycles. The lowest BCUT2D eigenvalue weighted by molar-refractivity contribution is -0.155. The van der Waals surface area contributed by atoms with Gasteiger partial charge in [-0.15, -0.1) is 0 Å². The molecular weight excluding hydrogens is 272 g/mol. The number of carboxylic acids is 1. The van der Waals surface area contributed by atoms with Gasteiger partial charge < -0.3 is 19.6 Å². The van der Waals surface area contributed by atoms with Gasteiger partial charge in [-0.05, 0) is 38.6 Å². The summed E-state index contributed by atoms with van der Waals surface area (Å²) in [5.74, 6) is -1.03. The molecule has 6 heteroatoms. The minimum Gasteiger partial charge on any atom is -0.479 e. The molecule has 2 aliphatic rings. The van der Waals surface area contributed by atoms with Crippen LogP contribution in [0.5, 0.6) is 0 Å². The Morgan fingerprint density at radius 1 is 1.19 bits per heavy atom. The van der Waals surface area contributed by atoms with Crippen molar-refractivity contribution in [2.24, 2.45) is 0 Å². The lowest BCUT2D eigenvalue weighted by Gasteiger charge is -2.37. The van der Waals surface area contributed by atoms with Crippen molar-refractivity contribution in [3.8, 4) is 0 Å². The summed E-state index contributed by atoms with van der Waals surface area (Å²) in [5, 5.41) is 8.92. The molecule has 2 fully saturated rings. The van der Waals surface area contributed by atoms with Crippen LogP contribution in [0.25, 0.3) is 0 Å². The Morgan fingerprint density at radius 3 is 2.33 bits per heavy atom. The fourth-order valence-corrected chi connectivity index (χ4v) is 3.25. The van der Waals surface area contributed by atoms with Crippen molar-refractivity contribution in [3.05, 3.63) is 0 Å². The van der Waals surface area contributed by atoms with Crippen LogP contribution in [-0.2, 0) is 14.3 Å². The SMILES string of the molecule is CCCN1CCC(N(C)C(=O)C2CCC(C(=O)O)O2)CC1. The Labute approximate surface area is 126 Å². The fourth-order valence-electron chi connectivity index (χ4n) is 3.25. The van der Waals surface area contributed by atoms with Gasteiger partial charge in [0.05, 0.1) is 0 Å². The van der Waals surface area contributed by atoms with E-state index in [1.165, 1.54) is 0 Å². The van der Waals surface area contributed by atoms with E-state index in [9.17, 15) is 9.59 Å². The second kappa shape index (κ2) is 7.22. The van der Waals surface area contributed by atoms with Crippen LogP contribution in [-0.4, -0.2) is 71.7 Å². The van der Waals surface area contributed by atoms with Gasteiger partial charge in [-0.3, -0.25) is 4.79 Å². The zero-order valence-electron chi connectivity index (χ0n) is 13.0. The lowest BCUT2D eigenvalue weighted by Crippen LogP contribution is -2.48. The number of rotatable bonds is 5. The van der Waals surface area contributed by atoms with Gasteiger partial charge in [-0.2, -0.15) is 0 Å². The second-order valence-corrected chi connectivity index (χ2v) is 6.05. The van der Waals surface area contributed by atoms with E-state index in [1.54, 1.807) is 4.90 Å². The number of piperidine rings is 1. The molecule has 2 unspecified atom stereocenters. The third-order valence-corrected chi connectivity index (χ3v) is 4.56. The summed E-state index contributed by atoms with van der Waals surface area (Å²) in [7, 11) is 1.82. The van der Waals surface area contributed by atoms with E-state index in [-0.39, 0.29) is 11.9 Å². The first-order chi connectivity index (χ1) is 10.0. The molecule has 1 amide bonds. The molecule has 0 saturated carbocycles. The molecule has 0 aromatic rings. The van der Waals surface area contributed by atoms with Gasteiger partial charge in [0.1, 0.15) is 6.10 Å². The molecule has 0 aromatic carbocycles. The highest BCUT2D eigenvalue weighted by atomic mass is 16.5. The Hall–Kier alpha value is -1.14. The van der Waals surface area contributed by atoms with E-state index < -0.39 is 18.2 Å². The van der Waals surface area contributed by atoms with E-state index in [0.717, 1.165) is 38.9 Å². The minimum atomic E-state index is -0.971. The monoisotopic (exact) mass is 298 g/mol. The zero-order chi connectivity index (χ0) is 15.4. The molecule has 2 atom stereocenters. The summed E-state index contributed by atoms with van der Waals surface area (Å²) >= 11 is 0. The number of carbonyl (C=O) groups excluding carboxylic acids is 1. The second-order valence-electron chi connectivity index (χ2n) is 6.05. The number of hydrogen-bond donors (Lipinski definition) is 1. The summed E-state index contributed by atoms with van der Waals surface area (Å²) in [6.07, 6.45) is 2.66. The predicted molar refractivity (Wildman–Crippen MR) is 78.1 cm³/mol. The van der Waals surface area contributed by atoms with Crippen LogP contribution in [0.15, 0.2) is 0 Å². The van der Waals surface area contributed by atoms with Crippen LogP contribution in [0.4, 0.5) is 0 Å². The standard InChI is InChI=1S/C15H26N2O4/c1-3-8-17-9-6-11(7-10-17)16(2)14(18)12-4-5-13(21-12)15(19)20/h11-13H,3-10H2,1-2H3,(H,19,20). The minimum absolute atomic E-state index is 0.0623. The number of nitrogens with zero attached hydrogens (tertiary/aromatic N) is 2. The first-order valence-electron chi connectivity index (χ1n) is 7.90. The first kappa shape index (κ1) is 16.2. The van der Waals surface area contributed by atoms with Crippen molar-refractivity contribution >= 4 is 11.9 Å². The largest absolute Gasteiger partial charge is 0.479 e. The normalized spacial score (nSPS) is 27.7. The first-order valence-corrected chi connectivity index (χ1v) is 7.90. The van der Waals surface area contributed by atoms with Crippen LogP contribution < -0.4 is 0 Å². The van der Waals surface area contributed by atoms with Gasteiger partial charge in [-0.1, -0.05) is 6.92 Å². The maximum absolute atomic E-state index is 12.4. The number of amides is 1. The van der Waals surface area contributed by atoms with Gasteiger partial charge in [0.25, 0.3) is 5.91 Å². The quantitative estimate of drug-likeness (QED) is 0.818. The number of carbonyl (C=O) groups is 2. The number of hydrogen-bond acceptors (Lipinski definition) is 4. The molecular formula is C15H26N2O4. The van der Waals surface area contributed by atoms with Crippen molar-refractivity contribution in [1.29, 1.82) is 0 Å². The molecule has 2 aliphatic heterocycles.